The normalized spacial score (nSPS) is 14.9. The number of halogens is 1. The van der Waals surface area contributed by atoms with Gasteiger partial charge in [0.2, 0.25) is 11.8 Å². The summed E-state index contributed by atoms with van der Waals surface area (Å²) in [4.78, 5) is 26.4. The Hall–Kier alpha value is -2.19. The molecule has 1 aliphatic heterocycles. The summed E-state index contributed by atoms with van der Waals surface area (Å²) in [5.41, 5.74) is 1.66. The van der Waals surface area contributed by atoms with Gasteiger partial charge in [-0.3, -0.25) is 9.59 Å². The molecule has 6 nitrogen and oxygen atoms in total. The van der Waals surface area contributed by atoms with Crippen LogP contribution >= 0.6 is 15.9 Å². The van der Waals surface area contributed by atoms with Crippen molar-refractivity contribution in [3.63, 3.8) is 0 Å². The monoisotopic (exact) mass is 478 g/mol. The molecule has 0 bridgehead atoms. The minimum Gasteiger partial charge on any atom is -0.351 e. The third-order valence-electron chi connectivity index (χ3n) is 5.12. The second-order valence-electron chi connectivity index (χ2n) is 7.47. The van der Waals surface area contributed by atoms with E-state index in [-0.39, 0.29) is 17.3 Å². The summed E-state index contributed by atoms with van der Waals surface area (Å²) in [7, 11) is -3.86. The van der Waals surface area contributed by atoms with E-state index in [0.29, 0.717) is 6.42 Å². The van der Waals surface area contributed by atoms with Gasteiger partial charge in [0.1, 0.15) is 4.75 Å². The highest BCUT2D eigenvalue weighted by atomic mass is 79.9. The van der Waals surface area contributed by atoms with Crippen LogP contribution in [0.5, 0.6) is 0 Å². The van der Waals surface area contributed by atoms with E-state index in [1.54, 1.807) is 17.0 Å². The van der Waals surface area contributed by atoms with Crippen LogP contribution in [0, 0.1) is 0 Å². The maximum absolute atomic E-state index is 12.9. The largest absolute Gasteiger partial charge is 0.351 e. The van der Waals surface area contributed by atoms with Gasteiger partial charge >= 0.3 is 0 Å². The Morgan fingerprint density at radius 3 is 2.28 bits per heavy atom. The van der Waals surface area contributed by atoms with Crippen molar-refractivity contribution in [2.45, 2.75) is 42.9 Å². The zero-order valence-corrected chi connectivity index (χ0v) is 18.7. The number of sulfone groups is 1. The van der Waals surface area contributed by atoms with E-state index >= 15 is 0 Å². The van der Waals surface area contributed by atoms with Crippen molar-refractivity contribution in [1.29, 1.82) is 0 Å². The van der Waals surface area contributed by atoms with Gasteiger partial charge in [0.15, 0.2) is 9.84 Å². The van der Waals surface area contributed by atoms with Crippen molar-refractivity contribution in [3.05, 3.63) is 58.6 Å². The molecule has 1 N–H and O–H groups in total. The van der Waals surface area contributed by atoms with Crippen molar-refractivity contribution >= 4 is 43.3 Å². The molecule has 29 heavy (non-hydrogen) atoms. The molecule has 1 aliphatic rings. The molecule has 2 amide bonds. The summed E-state index contributed by atoms with van der Waals surface area (Å²) in [6.45, 7) is 3.73. The van der Waals surface area contributed by atoms with Gasteiger partial charge in [0.05, 0.1) is 4.90 Å². The number of anilines is 1. The number of rotatable bonds is 6. The van der Waals surface area contributed by atoms with E-state index in [1.165, 1.54) is 26.0 Å². The van der Waals surface area contributed by atoms with Crippen molar-refractivity contribution in [2.75, 3.05) is 11.4 Å². The number of hydrogen-bond acceptors (Lipinski definition) is 4. The van der Waals surface area contributed by atoms with E-state index in [9.17, 15) is 18.0 Å². The molecule has 1 heterocycles. The Balaban J connectivity index is 1.67. The minimum absolute atomic E-state index is 0.0977. The Morgan fingerprint density at radius 1 is 1.10 bits per heavy atom. The first kappa shape index (κ1) is 21.5. The van der Waals surface area contributed by atoms with Crippen molar-refractivity contribution in [2.24, 2.45) is 0 Å². The second kappa shape index (κ2) is 8.28. The molecule has 154 valence electrons. The first-order chi connectivity index (χ1) is 13.6. The van der Waals surface area contributed by atoms with Crippen molar-refractivity contribution in [3.8, 4) is 0 Å². The highest BCUT2D eigenvalue weighted by molar-refractivity contribution is 9.10. The summed E-state index contributed by atoms with van der Waals surface area (Å²) in [5, 5.41) is 2.72. The van der Waals surface area contributed by atoms with Crippen LogP contribution in [-0.2, 0) is 26.0 Å². The van der Waals surface area contributed by atoms with Gasteiger partial charge in [0, 0.05) is 29.7 Å². The van der Waals surface area contributed by atoms with Crippen LogP contribution in [0.3, 0.4) is 0 Å². The fourth-order valence-corrected chi connectivity index (χ4v) is 4.80. The van der Waals surface area contributed by atoms with E-state index in [2.05, 4.69) is 21.2 Å². The zero-order valence-electron chi connectivity index (χ0n) is 16.3. The van der Waals surface area contributed by atoms with Crippen LogP contribution in [0.4, 0.5) is 5.69 Å². The molecular weight excluding hydrogens is 456 g/mol. The summed E-state index contributed by atoms with van der Waals surface area (Å²) in [6.07, 6.45) is 1.43. The number of hydrogen-bond donors (Lipinski definition) is 1. The number of amides is 2. The SMILES string of the molecule is CC(C)(C(=O)NCc1ccc(N2CCCC2=O)cc1)S(=O)(=O)c1ccc(Br)cc1. The van der Waals surface area contributed by atoms with Gasteiger partial charge in [-0.15, -0.1) is 0 Å². The van der Waals surface area contributed by atoms with Crippen LogP contribution < -0.4 is 10.2 Å². The number of carbonyl (C=O) groups excluding carboxylic acids is 2. The molecule has 2 aromatic carbocycles. The molecule has 0 aromatic heterocycles. The van der Waals surface area contributed by atoms with E-state index in [1.807, 2.05) is 24.3 Å². The molecule has 8 heteroatoms. The van der Waals surface area contributed by atoms with E-state index < -0.39 is 20.5 Å². The van der Waals surface area contributed by atoms with Crippen LogP contribution in [0.25, 0.3) is 0 Å². The highest BCUT2D eigenvalue weighted by Gasteiger charge is 2.42. The molecule has 1 saturated heterocycles. The van der Waals surface area contributed by atoms with Gasteiger partial charge in [0.25, 0.3) is 0 Å². The molecule has 0 atom stereocenters. The minimum atomic E-state index is -3.86. The molecule has 0 radical (unpaired) electrons. The predicted molar refractivity (Wildman–Crippen MR) is 115 cm³/mol. The van der Waals surface area contributed by atoms with Gasteiger partial charge in [-0.1, -0.05) is 28.1 Å². The Kier molecular flexibility index (Phi) is 6.14. The summed E-state index contributed by atoms with van der Waals surface area (Å²) in [6, 6.07) is 13.6. The Morgan fingerprint density at radius 2 is 1.72 bits per heavy atom. The molecule has 0 saturated carbocycles. The predicted octanol–water partition coefficient (Wildman–Crippen LogP) is 3.44. The Bertz CT molecular complexity index is 1020. The molecule has 2 aromatic rings. The van der Waals surface area contributed by atoms with Crippen molar-refractivity contribution in [1.82, 2.24) is 5.32 Å². The average molecular weight is 479 g/mol. The van der Waals surface area contributed by atoms with Crippen LogP contribution in [0.2, 0.25) is 0 Å². The third kappa shape index (κ3) is 4.38. The summed E-state index contributed by atoms with van der Waals surface area (Å²) in [5.74, 6) is -0.454. The number of carbonyl (C=O) groups is 2. The van der Waals surface area contributed by atoms with Gasteiger partial charge in [-0.25, -0.2) is 8.42 Å². The fourth-order valence-electron chi connectivity index (χ4n) is 3.14. The average Bonchev–Trinajstić information content (AvgIpc) is 3.12. The molecule has 1 fully saturated rings. The number of benzene rings is 2. The van der Waals surface area contributed by atoms with Gasteiger partial charge in [-0.2, -0.15) is 0 Å². The highest BCUT2D eigenvalue weighted by Crippen LogP contribution is 2.27. The second-order valence-corrected chi connectivity index (χ2v) is 10.9. The van der Waals surface area contributed by atoms with Crippen molar-refractivity contribution < 1.29 is 18.0 Å². The quantitative estimate of drug-likeness (QED) is 0.688. The third-order valence-corrected chi connectivity index (χ3v) is 8.07. The zero-order chi connectivity index (χ0) is 21.2. The molecular formula is C21H23BrN2O4S. The van der Waals surface area contributed by atoms with Crippen LogP contribution in [-0.4, -0.2) is 31.5 Å². The first-order valence-electron chi connectivity index (χ1n) is 9.31. The number of nitrogens with one attached hydrogen (secondary N) is 1. The number of nitrogens with zero attached hydrogens (tertiary/aromatic N) is 1. The summed E-state index contributed by atoms with van der Waals surface area (Å²) < 4.78 is 25.0. The van der Waals surface area contributed by atoms with Crippen LogP contribution in [0.15, 0.2) is 57.9 Å². The lowest BCUT2D eigenvalue weighted by molar-refractivity contribution is -0.123. The fraction of sp³-hybridized carbons (Fsp3) is 0.333. The Labute approximate surface area is 179 Å². The maximum Gasteiger partial charge on any atom is 0.241 e. The smallest absolute Gasteiger partial charge is 0.241 e. The van der Waals surface area contributed by atoms with E-state index in [0.717, 1.165) is 28.7 Å². The van der Waals surface area contributed by atoms with E-state index in [4.69, 9.17) is 0 Å². The topological polar surface area (TPSA) is 83.6 Å². The molecule has 0 unspecified atom stereocenters. The molecule has 3 rings (SSSR count). The lowest BCUT2D eigenvalue weighted by Crippen LogP contribution is -2.47. The lowest BCUT2D eigenvalue weighted by Gasteiger charge is -2.24. The van der Waals surface area contributed by atoms with Gasteiger partial charge < -0.3 is 10.2 Å². The lowest BCUT2D eigenvalue weighted by atomic mass is 10.1. The van der Waals surface area contributed by atoms with Crippen LogP contribution in [0.1, 0.15) is 32.3 Å². The molecule has 0 aliphatic carbocycles. The molecule has 0 spiro atoms. The first-order valence-corrected chi connectivity index (χ1v) is 11.6. The summed E-state index contributed by atoms with van der Waals surface area (Å²) >= 11 is 3.28. The maximum atomic E-state index is 12.9. The standard InChI is InChI=1S/C21H23BrN2O4S/c1-21(2,29(27,28)18-11-7-16(22)8-12-18)20(26)23-14-15-5-9-17(10-6-15)24-13-3-4-19(24)25/h5-12H,3-4,13-14H2,1-2H3,(H,23,26). The van der Waals surface area contributed by atoms with Gasteiger partial charge in [-0.05, 0) is 62.2 Å².